The lowest BCUT2D eigenvalue weighted by Gasteiger charge is -2.38. The molecule has 0 unspecified atom stereocenters. The molecule has 2 atom stereocenters. The molecule has 0 spiro atoms. The molecule has 0 amide bonds. The minimum atomic E-state index is -0.346. The highest BCUT2D eigenvalue weighted by molar-refractivity contribution is 7.12. The first-order chi connectivity index (χ1) is 13.8. The molecule has 0 N–H and O–H groups in total. The highest BCUT2D eigenvalue weighted by atomic mass is 32.1. The van der Waals surface area contributed by atoms with Crippen LogP contribution in [0.25, 0.3) is 0 Å². The Morgan fingerprint density at radius 2 is 1.96 bits per heavy atom. The maximum Gasteiger partial charge on any atom is 0.214 e. The molecule has 5 rings (SSSR count). The Labute approximate surface area is 167 Å². The van der Waals surface area contributed by atoms with Crippen LogP contribution in [0.4, 0.5) is 0 Å². The molecule has 142 valence electrons. The van der Waals surface area contributed by atoms with Crippen molar-refractivity contribution >= 4 is 17.0 Å². The number of para-hydroxylation sites is 1. The van der Waals surface area contributed by atoms with Gasteiger partial charge in [0.2, 0.25) is 6.23 Å². The number of hydrogen-bond donors (Lipinski definition) is 0. The summed E-state index contributed by atoms with van der Waals surface area (Å²) in [6.07, 6.45) is 0.492. The van der Waals surface area contributed by atoms with E-state index in [2.05, 4.69) is 28.6 Å². The Hall–Kier alpha value is -2.99. The third-order valence-corrected chi connectivity index (χ3v) is 6.10. The van der Waals surface area contributed by atoms with Gasteiger partial charge in [-0.15, -0.1) is 11.3 Å². The molecule has 28 heavy (non-hydrogen) atoms. The zero-order valence-electron chi connectivity index (χ0n) is 15.7. The van der Waals surface area contributed by atoms with Crippen molar-refractivity contribution in [1.82, 2.24) is 5.01 Å². The fraction of sp³-hybridized carbons (Fsp3) is 0.227. The second-order valence-electron chi connectivity index (χ2n) is 6.75. The van der Waals surface area contributed by atoms with Gasteiger partial charge in [0.15, 0.2) is 11.5 Å². The van der Waals surface area contributed by atoms with E-state index in [0.29, 0.717) is 0 Å². The number of ether oxygens (including phenoxy) is 3. The standard InChI is InChI=1S/C22H20N2O3S/c1-25-15-7-3-6-14(12-15)22-24-18(13-17(23-24)20-10-5-11-28-20)16-8-4-9-19(26-2)21(16)27-22/h3-12,18,22H,13H2,1-2H3/t18-,22+/m0/s1. The zero-order chi connectivity index (χ0) is 19.1. The fourth-order valence-electron chi connectivity index (χ4n) is 3.85. The first-order valence-electron chi connectivity index (χ1n) is 9.15. The first-order valence-corrected chi connectivity index (χ1v) is 10.0. The van der Waals surface area contributed by atoms with E-state index in [-0.39, 0.29) is 12.3 Å². The minimum Gasteiger partial charge on any atom is -0.497 e. The van der Waals surface area contributed by atoms with Gasteiger partial charge in [0.05, 0.1) is 30.9 Å². The highest BCUT2D eigenvalue weighted by Gasteiger charge is 2.42. The van der Waals surface area contributed by atoms with Crippen LogP contribution in [0.1, 0.15) is 34.7 Å². The van der Waals surface area contributed by atoms with Gasteiger partial charge < -0.3 is 14.2 Å². The van der Waals surface area contributed by atoms with Gasteiger partial charge in [-0.25, -0.2) is 5.01 Å². The molecule has 2 aliphatic rings. The van der Waals surface area contributed by atoms with Crippen molar-refractivity contribution in [2.24, 2.45) is 5.10 Å². The molecule has 6 heteroatoms. The van der Waals surface area contributed by atoms with Crippen LogP contribution >= 0.6 is 11.3 Å². The maximum absolute atomic E-state index is 6.46. The van der Waals surface area contributed by atoms with Gasteiger partial charge in [-0.3, -0.25) is 0 Å². The van der Waals surface area contributed by atoms with E-state index in [1.165, 1.54) is 4.88 Å². The molecule has 0 fully saturated rings. The topological polar surface area (TPSA) is 43.3 Å². The third kappa shape index (κ3) is 2.72. The number of hydrogen-bond acceptors (Lipinski definition) is 6. The van der Waals surface area contributed by atoms with Gasteiger partial charge in [-0.1, -0.05) is 30.3 Å². The predicted octanol–water partition coefficient (Wildman–Crippen LogP) is 5.01. The van der Waals surface area contributed by atoms with Crippen molar-refractivity contribution in [2.75, 3.05) is 14.2 Å². The zero-order valence-corrected chi connectivity index (χ0v) is 16.5. The fourth-order valence-corrected chi connectivity index (χ4v) is 4.57. The van der Waals surface area contributed by atoms with E-state index >= 15 is 0 Å². The number of rotatable bonds is 4. The van der Waals surface area contributed by atoms with Crippen LogP contribution in [0, 0.1) is 0 Å². The van der Waals surface area contributed by atoms with Crippen LogP contribution in [-0.2, 0) is 0 Å². The number of methoxy groups -OCH3 is 2. The van der Waals surface area contributed by atoms with Crippen LogP contribution < -0.4 is 14.2 Å². The Morgan fingerprint density at radius 3 is 2.75 bits per heavy atom. The number of thiophene rings is 1. The summed E-state index contributed by atoms with van der Waals surface area (Å²) in [5, 5.41) is 9.13. The molecule has 0 bridgehead atoms. The average Bonchev–Trinajstić information content (AvgIpc) is 3.42. The van der Waals surface area contributed by atoms with E-state index < -0.39 is 0 Å². The molecule has 0 saturated heterocycles. The van der Waals surface area contributed by atoms with Crippen molar-refractivity contribution in [3.8, 4) is 17.2 Å². The van der Waals surface area contributed by atoms with Crippen LogP contribution in [0.5, 0.6) is 17.2 Å². The summed E-state index contributed by atoms with van der Waals surface area (Å²) in [6, 6.07) is 18.3. The average molecular weight is 392 g/mol. The number of nitrogens with zero attached hydrogens (tertiary/aromatic N) is 2. The summed E-state index contributed by atoms with van der Waals surface area (Å²) in [6.45, 7) is 0. The van der Waals surface area contributed by atoms with E-state index in [1.54, 1.807) is 25.6 Å². The largest absolute Gasteiger partial charge is 0.497 e. The molecular formula is C22H20N2O3S. The summed E-state index contributed by atoms with van der Waals surface area (Å²) in [5.41, 5.74) is 3.19. The molecule has 0 radical (unpaired) electrons. The maximum atomic E-state index is 6.46. The smallest absolute Gasteiger partial charge is 0.214 e. The van der Waals surface area contributed by atoms with E-state index in [4.69, 9.17) is 19.3 Å². The third-order valence-electron chi connectivity index (χ3n) is 5.18. The minimum absolute atomic E-state index is 0.104. The summed E-state index contributed by atoms with van der Waals surface area (Å²) < 4.78 is 17.5. The summed E-state index contributed by atoms with van der Waals surface area (Å²) in [4.78, 5) is 1.20. The summed E-state index contributed by atoms with van der Waals surface area (Å²) in [7, 11) is 3.35. The van der Waals surface area contributed by atoms with Gasteiger partial charge in [0.1, 0.15) is 5.75 Å². The van der Waals surface area contributed by atoms with E-state index in [0.717, 1.165) is 40.5 Å². The molecule has 3 aromatic rings. The van der Waals surface area contributed by atoms with Gasteiger partial charge in [-0.05, 0) is 29.6 Å². The second-order valence-corrected chi connectivity index (χ2v) is 7.70. The molecular weight excluding hydrogens is 372 g/mol. The lowest BCUT2D eigenvalue weighted by molar-refractivity contribution is -0.0210. The molecule has 5 nitrogen and oxygen atoms in total. The van der Waals surface area contributed by atoms with Gasteiger partial charge in [-0.2, -0.15) is 5.10 Å². The van der Waals surface area contributed by atoms with E-state index in [1.807, 2.05) is 36.4 Å². The van der Waals surface area contributed by atoms with Crippen LogP contribution in [0.3, 0.4) is 0 Å². The van der Waals surface area contributed by atoms with Crippen molar-refractivity contribution in [3.63, 3.8) is 0 Å². The van der Waals surface area contributed by atoms with Crippen LogP contribution in [0.2, 0.25) is 0 Å². The monoisotopic (exact) mass is 392 g/mol. The van der Waals surface area contributed by atoms with Gasteiger partial charge >= 0.3 is 0 Å². The highest BCUT2D eigenvalue weighted by Crippen LogP contribution is 2.51. The van der Waals surface area contributed by atoms with Crippen molar-refractivity contribution in [2.45, 2.75) is 18.7 Å². The molecule has 0 saturated carbocycles. The number of benzene rings is 2. The lowest BCUT2D eigenvalue weighted by atomic mass is 9.97. The Kier molecular flexibility index (Phi) is 4.20. The van der Waals surface area contributed by atoms with Gasteiger partial charge in [0.25, 0.3) is 0 Å². The Bertz CT molecular complexity index is 1030. The molecule has 1 aromatic heterocycles. The lowest BCUT2D eigenvalue weighted by Crippen LogP contribution is -2.33. The molecule has 2 aromatic carbocycles. The summed E-state index contributed by atoms with van der Waals surface area (Å²) in [5.74, 6) is 2.33. The number of hydrazone groups is 1. The van der Waals surface area contributed by atoms with Gasteiger partial charge in [0, 0.05) is 17.5 Å². The Balaban J connectivity index is 1.63. The van der Waals surface area contributed by atoms with Crippen molar-refractivity contribution in [3.05, 3.63) is 76.0 Å². The van der Waals surface area contributed by atoms with Crippen molar-refractivity contribution < 1.29 is 14.2 Å². The van der Waals surface area contributed by atoms with E-state index in [9.17, 15) is 0 Å². The molecule has 3 heterocycles. The quantitative estimate of drug-likeness (QED) is 0.626. The van der Waals surface area contributed by atoms with Crippen LogP contribution in [0.15, 0.2) is 65.1 Å². The molecule has 2 aliphatic heterocycles. The predicted molar refractivity (Wildman–Crippen MR) is 109 cm³/mol. The van der Waals surface area contributed by atoms with Crippen LogP contribution in [-0.4, -0.2) is 24.9 Å². The number of fused-ring (bicyclic) bond motifs is 3. The molecule has 0 aliphatic carbocycles. The SMILES string of the molecule is COc1cccc([C@H]2Oc3c(OC)cccc3[C@@H]3CC(c4cccs4)=NN23)c1. The second kappa shape index (κ2) is 6.87. The summed E-state index contributed by atoms with van der Waals surface area (Å²) >= 11 is 1.71. The van der Waals surface area contributed by atoms with Crippen molar-refractivity contribution in [1.29, 1.82) is 0 Å². The Morgan fingerprint density at radius 1 is 1.07 bits per heavy atom. The normalized spacial score (nSPS) is 20.1. The first kappa shape index (κ1) is 17.1.